The third kappa shape index (κ3) is 4.21. The van der Waals surface area contributed by atoms with Crippen molar-refractivity contribution in [1.82, 2.24) is 14.8 Å². The Morgan fingerprint density at radius 3 is 2.59 bits per heavy atom. The van der Waals surface area contributed by atoms with Crippen LogP contribution in [0.25, 0.3) is 22.0 Å². The molecule has 0 aliphatic carbocycles. The summed E-state index contributed by atoms with van der Waals surface area (Å²) in [5.74, 6) is -0.350. The number of carbonyl (C=O) groups excluding carboxylic acids is 1. The maximum Gasteiger partial charge on any atom is 0.178 e. The first-order chi connectivity index (χ1) is 13.9. The second kappa shape index (κ2) is 8.01. The summed E-state index contributed by atoms with van der Waals surface area (Å²) in [6.07, 6.45) is 1.18. The summed E-state index contributed by atoms with van der Waals surface area (Å²) in [4.78, 5) is 21.4. The number of halogens is 1. The Morgan fingerprint density at radius 2 is 1.93 bits per heavy atom. The van der Waals surface area contributed by atoms with Crippen molar-refractivity contribution in [3.63, 3.8) is 0 Å². The molecule has 3 aromatic rings. The van der Waals surface area contributed by atoms with Crippen LogP contribution in [0, 0.1) is 5.82 Å². The molecular formula is C24H26FN3O. The molecule has 0 bridgehead atoms. The third-order valence-corrected chi connectivity index (χ3v) is 5.77. The number of likely N-dealkylation sites (tertiary alicyclic amines) is 1. The standard InChI is InChI=1S/C24H26FN3O/c1-16(29)23-13-22(18-5-7-19(25)8-6-18)21-9-4-17(12-24(21)26-23)14-28-11-10-20(15-28)27(2)3/h4-9,12-13,20H,10-11,14-15H2,1-3H3. The smallest absolute Gasteiger partial charge is 0.178 e. The van der Waals surface area contributed by atoms with Gasteiger partial charge in [-0.2, -0.15) is 0 Å². The molecule has 2 heterocycles. The van der Waals surface area contributed by atoms with E-state index in [2.05, 4.69) is 47.1 Å². The lowest BCUT2D eigenvalue weighted by Gasteiger charge is -2.20. The minimum atomic E-state index is -0.275. The van der Waals surface area contributed by atoms with Crippen molar-refractivity contribution in [2.75, 3.05) is 27.2 Å². The van der Waals surface area contributed by atoms with Crippen LogP contribution in [0.3, 0.4) is 0 Å². The Balaban J connectivity index is 1.70. The molecule has 2 aromatic carbocycles. The molecule has 1 aliphatic rings. The van der Waals surface area contributed by atoms with E-state index in [0.29, 0.717) is 11.7 Å². The molecule has 1 aromatic heterocycles. The predicted molar refractivity (Wildman–Crippen MR) is 115 cm³/mol. The number of benzene rings is 2. The van der Waals surface area contributed by atoms with Crippen molar-refractivity contribution in [3.05, 3.63) is 65.6 Å². The largest absolute Gasteiger partial charge is 0.305 e. The van der Waals surface area contributed by atoms with Crippen molar-refractivity contribution in [3.8, 4) is 11.1 Å². The summed E-state index contributed by atoms with van der Waals surface area (Å²) >= 11 is 0. The van der Waals surface area contributed by atoms with E-state index in [0.717, 1.165) is 41.7 Å². The minimum absolute atomic E-state index is 0.0750. The molecule has 4 rings (SSSR count). The maximum absolute atomic E-state index is 13.4. The van der Waals surface area contributed by atoms with Gasteiger partial charge in [-0.25, -0.2) is 9.37 Å². The highest BCUT2D eigenvalue weighted by molar-refractivity contribution is 6.01. The van der Waals surface area contributed by atoms with E-state index in [-0.39, 0.29) is 11.6 Å². The molecule has 1 saturated heterocycles. The van der Waals surface area contributed by atoms with Gasteiger partial charge < -0.3 is 4.90 Å². The molecule has 0 saturated carbocycles. The van der Waals surface area contributed by atoms with E-state index in [9.17, 15) is 9.18 Å². The number of nitrogens with zero attached hydrogens (tertiary/aromatic N) is 3. The number of fused-ring (bicyclic) bond motifs is 1. The number of carbonyl (C=O) groups is 1. The molecule has 150 valence electrons. The summed E-state index contributed by atoms with van der Waals surface area (Å²) in [6, 6.07) is 15.1. The summed E-state index contributed by atoms with van der Waals surface area (Å²) in [5, 5.41) is 0.970. The van der Waals surface area contributed by atoms with Crippen LogP contribution in [0.15, 0.2) is 48.5 Å². The number of aromatic nitrogens is 1. The molecular weight excluding hydrogens is 365 g/mol. The lowest BCUT2D eigenvalue weighted by molar-refractivity contribution is 0.101. The Kier molecular flexibility index (Phi) is 5.43. The lowest BCUT2D eigenvalue weighted by Crippen LogP contribution is -2.31. The Hall–Kier alpha value is -2.63. The number of pyridine rings is 1. The normalized spacial score (nSPS) is 17.3. The molecule has 1 atom stereocenters. The zero-order chi connectivity index (χ0) is 20.5. The molecule has 4 nitrogen and oxygen atoms in total. The van der Waals surface area contributed by atoms with Crippen LogP contribution >= 0.6 is 0 Å². The van der Waals surface area contributed by atoms with E-state index in [1.807, 2.05) is 0 Å². The van der Waals surface area contributed by atoms with Gasteiger partial charge in [-0.15, -0.1) is 0 Å². The highest BCUT2D eigenvalue weighted by Crippen LogP contribution is 2.30. The zero-order valence-electron chi connectivity index (χ0n) is 17.2. The number of ketones is 1. The van der Waals surface area contributed by atoms with E-state index >= 15 is 0 Å². The molecule has 5 heteroatoms. The van der Waals surface area contributed by atoms with Crippen molar-refractivity contribution >= 4 is 16.7 Å². The van der Waals surface area contributed by atoms with Crippen LogP contribution in [0.2, 0.25) is 0 Å². The topological polar surface area (TPSA) is 36.4 Å². The van der Waals surface area contributed by atoms with E-state index in [4.69, 9.17) is 0 Å². The van der Waals surface area contributed by atoms with Crippen molar-refractivity contribution in [2.45, 2.75) is 25.9 Å². The first kappa shape index (κ1) is 19.7. The SMILES string of the molecule is CC(=O)c1cc(-c2ccc(F)cc2)c2ccc(CN3CCC(N(C)C)C3)cc2n1. The highest BCUT2D eigenvalue weighted by atomic mass is 19.1. The Morgan fingerprint density at radius 1 is 1.17 bits per heavy atom. The van der Waals surface area contributed by atoms with Crippen LogP contribution in [0.4, 0.5) is 4.39 Å². The maximum atomic E-state index is 13.4. The number of hydrogen-bond acceptors (Lipinski definition) is 4. The van der Waals surface area contributed by atoms with Gasteiger partial charge >= 0.3 is 0 Å². The van der Waals surface area contributed by atoms with Crippen LogP contribution in [-0.4, -0.2) is 53.8 Å². The lowest BCUT2D eigenvalue weighted by atomic mass is 9.98. The van der Waals surface area contributed by atoms with Gasteiger partial charge in [0.1, 0.15) is 11.5 Å². The average molecular weight is 391 g/mol. The molecule has 1 unspecified atom stereocenters. The molecule has 1 fully saturated rings. The molecule has 1 aliphatic heterocycles. The quantitative estimate of drug-likeness (QED) is 0.605. The van der Waals surface area contributed by atoms with Gasteiger partial charge in [0, 0.05) is 38.0 Å². The average Bonchev–Trinajstić information content (AvgIpc) is 3.16. The fraction of sp³-hybridized carbons (Fsp3) is 0.333. The highest BCUT2D eigenvalue weighted by Gasteiger charge is 2.24. The van der Waals surface area contributed by atoms with Crippen molar-refractivity contribution in [2.24, 2.45) is 0 Å². The summed E-state index contributed by atoms with van der Waals surface area (Å²) in [5.41, 5.74) is 4.21. The first-order valence-electron chi connectivity index (χ1n) is 10.00. The zero-order valence-corrected chi connectivity index (χ0v) is 17.2. The third-order valence-electron chi connectivity index (χ3n) is 5.77. The number of rotatable bonds is 5. The predicted octanol–water partition coefficient (Wildman–Crippen LogP) is 4.38. The van der Waals surface area contributed by atoms with E-state index in [1.54, 1.807) is 18.2 Å². The second-order valence-corrected chi connectivity index (χ2v) is 8.11. The van der Waals surface area contributed by atoms with Crippen molar-refractivity contribution < 1.29 is 9.18 Å². The van der Waals surface area contributed by atoms with Gasteiger partial charge in [-0.05, 0) is 61.5 Å². The van der Waals surface area contributed by atoms with Gasteiger partial charge in [0.2, 0.25) is 0 Å². The first-order valence-corrected chi connectivity index (χ1v) is 10.00. The summed E-state index contributed by atoms with van der Waals surface area (Å²) < 4.78 is 13.4. The van der Waals surface area contributed by atoms with Gasteiger partial charge in [-0.1, -0.05) is 24.3 Å². The van der Waals surface area contributed by atoms with Crippen LogP contribution in [0.5, 0.6) is 0 Å². The van der Waals surface area contributed by atoms with E-state index < -0.39 is 0 Å². The number of hydrogen-bond donors (Lipinski definition) is 0. The molecule has 0 radical (unpaired) electrons. The van der Waals surface area contributed by atoms with Gasteiger partial charge in [0.25, 0.3) is 0 Å². The molecule has 0 N–H and O–H groups in total. The monoisotopic (exact) mass is 391 g/mol. The molecule has 29 heavy (non-hydrogen) atoms. The Bertz CT molecular complexity index is 1050. The Labute approximate surface area is 171 Å². The van der Waals surface area contributed by atoms with Crippen molar-refractivity contribution in [1.29, 1.82) is 0 Å². The van der Waals surface area contributed by atoms with Gasteiger partial charge in [0.05, 0.1) is 5.52 Å². The second-order valence-electron chi connectivity index (χ2n) is 8.11. The van der Waals surface area contributed by atoms with Crippen LogP contribution in [0.1, 0.15) is 29.4 Å². The van der Waals surface area contributed by atoms with Crippen LogP contribution in [-0.2, 0) is 6.54 Å². The minimum Gasteiger partial charge on any atom is -0.305 e. The fourth-order valence-electron chi connectivity index (χ4n) is 4.06. The summed E-state index contributed by atoms with van der Waals surface area (Å²) in [7, 11) is 4.27. The van der Waals surface area contributed by atoms with E-state index in [1.165, 1.54) is 31.0 Å². The van der Waals surface area contributed by atoms with Crippen LogP contribution < -0.4 is 0 Å². The fourth-order valence-corrected chi connectivity index (χ4v) is 4.06. The number of likely N-dealkylation sites (N-methyl/N-ethyl adjacent to an activating group) is 1. The number of Topliss-reactive ketones (excluding diaryl/α,β-unsaturated/α-hetero) is 1. The molecule has 0 amide bonds. The summed E-state index contributed by atoms with van der Waals surface area (Å²) in [6.45, 7) is 4.55. The molecule has 0 spiro atoms. The van der Waals surface area contributed by atoms with Gasteiger partial charge in [0.15, 0.2) is 5.78 Å². The van der Waals surface area contributed by atoms with Gasteiger partial charge in [-0.3, -0.25) is 9.69 Å².